The molecule has 0 bridgehead atoms. The summed E-state index contributed by atoms with van der Waals surface area (Å²) in [6.45, 7) is 1.57. The zero-order valence-electron chi connectivity index (χ0n) is 14.7. The van der Waals surface area contributed by atoms with E-state index in [1.54, 1.807) is 13.3 Å². The molecule has 0 radical (unpaired) electrons. The number of para-hydroxylation sites is 1. The van der Waals surface area contributed by atoms with Crippen molar-refractivity contribution >= 4 is 17.5 Å². The first kappa shape index (κ1) is 16.3. The van der Waals surface area contributed by atoms with E-state index in [0.29, 0.717) is 12.5 Å². The van der Waals surface area contributed by atoms with Gasteiger partial charge in [-0.25, -0.2) is 0 Å². The van der Waals surface area contributed by atoms with Gasteiger partial charge in [0.15, 0.2) is 5.82 Å². The van der Waals surface area contributed by atoms with Crippen LogP contribution in [-0.2, 0) is 13.0 Å². The van der Waals surface area contributed by atoms with Gasteiger partial charge in [-0.3, -0.25) is 0 Å². The third-order valence-corrected chi connectivity index (χ3v) is 4.54. The molecule has 0 saturated carbocycles. The summed E-state index contributed by atoms with van der Waals surface area (Å²) >= 11 is 0. The molecule has 26 heavy (non-hydrogen) atoms. The molecule has 2 aromatic carbocycles. The van der Waals surface area contributed by atoms with Crippen LogP contribution >= 0.6 is 0 Å². The van der Waals surface area contributed by atoms with E-state index in [-0.39, 0.29) is 0 Å². The third kappa shape index (κ3) is 3.44. The number of anilines is 3. The van der Waals surface area contributed by atoms with E-state index in [9.17, 15) is 0 Å². The van der Waals surface area contributed by atoms with Gasteiger partial charge >= 0.3 is 0 Å². The van der Waals surface area contributed by atoms with Gasteiger partial charge in [0.25, 0.3) is 0 Å². The number of nitrogens with zero attached hydrogens (tertiary/aromatic N) is 4. The van der Waals surface area contributed by atoms with Crippen LogP contribution in [0.2, 0.25) is 0 Å². The lowest BCUT2D eigenvalue weighted by molar-refractivity contribution is 0.414. The molecule has 1 aromatic heterocycles. The van der Waals surface area contributed by atoms with Crippen molar-refractivity contribution < 1.29 is 4.74 Å². The first-order valence-electron chi connectivity index (χ1n) is 8.75. The molecule has 1 N–H and O–H groups in total. The van der Waals surface area contributed by atoms with Crippen LogP contribution in [0.5, 0.6) is 5.75 Å². The Morgan fingerprint density at radius 3 is 2.81 bits per heavy atom. The number of fused-ring (bicyclic) bond motifs is 1. The predicted octanol–water partition coefficient (Wildman–Crippen LogP) is 3.58. The van der Waals surface area contributed by atoms with Crippen molar-refractivity contribution in [3.63, 3.8) is 0 Å². The molecule has 0 unspecified atom stereocenters. The topological polar surface area (TPSA) is 63.2 Å². The van der Waals surface area contributed by atoms with Crippen LogP contribution in [0.3, 0.4) is 0 Å². The molecule has 0 aliphatic carbocycles. The summed E-state index contributed by atoms with van der Waals surface area (Å²) in [4.78, 5) is 6.87. The molecule has 0 spiro atoms. The van der Waals surface area contributed by atoms with Gasteiger partial charge in [0, 0.05) is 18.8 Å². The molecule has 3 aromatic rings. The normalized spacial score (nSPS) is 13.2. The quantitative estimate of drug-likeness (QED) is 0.761. The van der Waals surface area contributed by atoms with Crippen LogP contribution in [0.15, 0.2) is 54.7 Å². The van der Waals surface area contributed by atoms with E-state index in [0.717, 1.165) is 36.5 Å². The maximum atomic E-state index is 5.18. The van der Waals surface area contributed by atoms with Gasteiger partial charge < -0.3 is 15.0 Å². The maximum absolute atomic E-state index is 5.18. The minimum Gasteiger partial charge on any atom is -0.497 e. The summed E-state index contributed by atoms with van der Waals surface area (Å²) in [5, 5.41) is 11.5. The van der Waals surface area contributed by atoms with Gasteiger partial charge in [-0.2, -0.15) is 10.1 Å². The number of hydrogen-bond donors (Lipinski definition) is 1. The van der Waals surface area contributed by atoms with Crippen molar-refractivity contribution in [2.75, 3.05) is 23.9 Å². The Labute approximate surface area is 152 Å². The van der Waals surface area contributed by atoms with Crippen molar-refractivity contribution in [2.45, 2.75) is 19.4 Å². The van der Waals surface area contributed by atoms with Gasteiger partial charge in [-0.05, 0) is 42.2 Å². The summed E-state index contributed by atoms with van der Waals surface area (Å²) in [6.07, 6.45) is 3.93. The van der Waals surface area contributed by atoms with E-state index in [4.69, 9.17) is 4.74 Å². The van der Waals surface area contributed by atoms with Crippen LogP contribution < -0.4 is 15.0 Å². The van der Waals surface area contributed by atoms with E-state index >= 15 is 0 Å². The number of benzene rings is 2. The monoisotopic (exact) mass is 347 g/mol. The smallest absolute Gasteiger partial charge is 0.244 e. The van der Waals surface area contributed by atoms with Gasteiger partial charge in [-0.1, -0.05) is 30.3 Å². The molecule has 1 aliphatic rings. The van der Waals surface area contributed by atoms with Crippen molar-refractivity contribution in [1.29, 1.82) is 0 Å². The predicted molar refractivity (Wildman–Crippen MR) is 102 cm³/mol. The van der Waals surface area contributed by atoms with Gasteiger partial charge in [0.1, 0.15) is 5.75 Å². The molecule has 0 amide bonds. The SMILES string of the molecule is COc1ccc(CNc2nncc(N3CCCc4ccccc43)n2)cc1. The zero-order chi connectivity index (χ0) is 17.8. The van der Waals surface area contributed by atoms with Crippen LogP contribution in [0.25, 0.3) is 0 Å². The maximum Gasteiger partial charge on any atom is 0.244 e. The Kier molecular flexibility index (Phi) is 4.64. The largest absolute Gasteiger partial charge is 0.497 e. The molecule has 132 valence electrons. The molecule has 0 fully saturated rings. The standard InChI is InChI=1S/C20H21N5O/c1-26-17-10-8-15(9-11-17)13-21-20-23-19(14-22-24-20)25-12-4-6-16-5-2-3-7-18(16)25/h2-3,5,7-11,14H,4,6,12-13H2,1H3,(H,21,23,24). The van der Waals surface area contributed by atoms with Crippen molar-refractivity contribution in [2.24, 2.45) is 0 Å². The molecule has 0 saturated heterocycles. The summed E-state index contributed by atoms with van der Waals surface area (Å²) < 4.78 is 5.18. The Balaban J connectivity index is 1.50. The molecular formula is C20H21N5O. The minimum absolute atomic E-state index is 0.529. The molecular weight excluding hydrogens is 326 g/mol. The number of aryl methyl sites for hydroxylation is 1. The molecule has 6 heteroatoms. The second-order valence-corrected chi connectivity index (χ2v) is 6.22. The van der Waals surface area contributed by atoms with E-state index in [2.05, 4.69) is 49.7 Å². The van der Waals surface area contributed by atoms with E-state index in [1.165, 1.54) is 11.3 Å². The fraction of sp³-hybridized carbons (Fsp3) is 0.250. The van der Waals surface area contributed by atoms with E-state index < -0.39 is 0 Å². The van der Waals surface area contributed by atoms with Crippen LogP contribution in [0, 0.1) is 0 Å². The molecule has 0 atom stereocenters. The Bertz CT molecular complexity index is 881. The number of rotatable bonds is 5. The van der Waals surface area contributed by atoms with Crippen LogP contribution in [-0.4, -0.2) is 28.8 Å². The van der Waals surface area contributed by atoms with Crippen LogP contribution in [0.4, 0.5) is 17.5 Å². The fourth-order valence-corrected chi connectivity index (χ4v) is 3.20. The second kappa shape index (κ2) is 7.39. The Morgan fingerprint density at radius 1 is 1.12 bits per heavy atom. The second-order valence-electron chi connectivity index (χ2n) is 6.22. The first-order valence-corrected chi connectivity index (χ1v) is 8.75. The Morgan fingerprint density at radius 2 is 1.96 bits per heavy atom. The van der Waals surface area contributed by atoms with Gasteiger partial charge in [-0.15, -0.1) is 5.10 Å². The minimum atomic E-state index is 0.529. The zero-order valence-corrected chi connectivity index (χ0v) is 14.7. The molecule has 1 aliphatic heterocycles. The van der Waals surface area contributed by atoms with Gasteiger partial charge in [0.05, 0.1) is 13.3 Å². The average Bonchev–Trinajstić information content (AvgIpc) is 2.72. The first-order chi connectivity index (χ1) is 12.8. The fourth-order valence-electron chi connectivity index (χ4n) is 3.20. The van der Waals surface area contributed by atoms with Crippen molar-refractivity contribution in [3.8, 4) is 5.75 Å². The lowest BCUT2D eigenvalue weighted by Gasteiger charge is -2.30. The summed E-state index contributed by atoms with van der Waals surface area (Å²) in [5.41, 5.74) is 3.69. The number of ether oxygens (including phenoxy) is 1. The highest BCUT2D eigenvalue weighted by molar-refractivity contribution is 5.65. The van der Waals surface area contributed by atoms with Crippen molar-refractivity contribution in [3.05, 3.63) is 65.9 Å². The third-order valence-electron chi connectivity index (χ3n) is 4.54. The average molecular weight is 347 g/mol. The highest BCUT2D eigenvalue weighted by Gasteiger charge is 2.19. The highest BCUT2D eigenvalue weighted by Crippen LogP contribution is 2.31. The number of hydrogen-bond acceptors (Lipinski definition) is 6. The summed E-state index contributed by atoms with van der Waals surface area (Å²) in [5.74, 6) is 2.20. The molecule has 6 nitrogen and oxygen atoms in total. The van der Waals surface area contributed by atoms with E-state index in [1.807, 2.05) is 24.3 Å². The highest BCUT2D eigenvalue weighted by atomic mass is 16.5. The van der Waals surface area contributed by atoms with Crippen molar-refractivity contribution in [1.82, 2.24) is 15.2 Å². The number of nitrogens with one attached hydrogen (secondary N) is 1. The lowest BCUT2D eigenvalue weighted by Crippen LogP contribution is -2.25. The molecule has 4 rings (SSSR count). The Hall–Kier alpha value is -3.15. The molecule has 2 heterocycles. The summed E-state index contributed by atoms with van der Waals surface area (Å²) in [7, 11) is 1.66. The lowest BCUT2D eigenvalue weighted by atomic mass is 10.0. The summed E-state index contributed by atoms with van der Waals surface area (Å²) in [6, 6.07) is 16.4. The van der Waals surface area contributed by atoms with Crippen LogP contribution in [0.1, 0.15) is 17.5 Å². The van der Waals surface area contributed by atoms with Gasteiger partial charge in [0.2, 0.25) is 5.95 Å². The number of aromatic nitrogens is 3. The number of methoxy groups -OCH3 is 1.